The van der Waals surface area contributed by atoms with Crippen molar-refractivity contribution in [2.75, 3.05) is 19.6 Å². The average Bonchev–Trinajstić information content (AvgIpc) is 2.04. The van der Waals surface area contributed by atoms with Crippen LogP contribution in [0.1, 0.15) is 6.92 Å². The fourth-order valence-corrected chi connectivity index (χ4v) is 1.23. The first-order chi connectivity index (χ1) is 5.25. The molecule has 1 aliphatic rings. The Morgan fingerprint density at radius 2 is 2.55 bits per heavy atom. The van der Waals surface area contributed by atoms with Crippen LogP contribution in [0.5, 0.6) is 0 Å². The van der Waals surface area contributed by atoms with E-state index in [1.807, 2.05) is 6.92 Å². The fraction of sp³-hybridized carbons (Fsp3) is 0.625. The molecule has 0 saturated carbocycles. The summed E-state index contributed by atoms with van der Waals surface area (Å²) in [7, 11) is 0. The molecule has 1 saturated heterocycles. The Kier molecular flexibility index (Phi) is 2.50. The maximum absolute atomic E-state index is 11.0. The van der Waals surface area contributed by atoms with Crippen molar-refractivity contribution in [1.82, 2.24) is 10.2 Å². The van der Waals surface area contributed by atoms with Crippen LogP contribution in [0.3, 0.4) is 0 Å². The van der Waals surface area contributed by atoms with Gasteiger partial charge in [-0.25, -0.2) is 0 Å². The highest BCUT2D eigenvalue weighted by atomic mass is 16.2. The minimum absolute atomic E-state index is 0.195. The Labute approximate surface area is 66.8 Å². The Morgan fingerprint density at radius 3 is 3.09 bits per heavy atom. The lowest BCUT2D eigenvalue weighted by molar-refractivity contribution is -0.127. The maximum atomic E-state index is 11.0. The van der Waals surface area contributed by atoms with Crippen molar-refractivity contribution < 1.29 is 4.79 Å². The van der Waals surface area contributed by atoms with Gasteiger partial charge >= 0.3 is 0 Å². The highest BCUT2D eigenvalue weighted by Gasteiger charge is 2.20. The number of nitrogens with zero attached hydrogens (tertiary/aromatic N) is 1. The normalized spacial score (nSPS) is 24.4. The Hall–Kier alpha value is -1.01. The van der Waals surface area contributed by atoms with Crippen LogP contribution in [0, 0.1) is 12.3 Å². The second-order valence-electron chi connectivity index (χ2n) is 2.70. The van der Waals surface area contributed by atoms with Gasteiger partial charge in [0.15, 0.2) is 0 Å². The number of hydrogen-bond acceptors (Lipinski definition) is 2. The van der Waals surface area contributed by atoms with E-state index in [4.69, 9.17) is 6.42 Å². The van der Waals surface area contributed by atoms with Gasteiger partial charge < -0.3 is 10.2 Å². The van der Waals surface area contributed by atoms with E-state index in [1.54, 1.807) is 4.90 Å². The van der Waals surface area contributed by atoms with Crippen LogP contribution in [0.2, 0.25) is 0 Å². The summed E-state index contributed by atoms with van der Waals surface area (Å²) in [5.41, 5.74) is 0. The molecule has 1 heterocycles. The van der Waals surface area contributed by atoms with Gasteiger partial charge in [-0.3, -0.25) is 4.79 Å². The lowest BCUT2D eigenvalue weighted by Gasteiger charge is -2.32. The lowest BCUT2D eigenvalue weighted by Crippen LogP contribution is -2.51. The quantitative estimate of drug-likeness (QED) is 0.472. The van der Waals surface area contributed by atoms with Gasteiger partial charge in [-0.15, -0.1) is 6.42 Å². The van der Waals surface area contributed by atoms with Crippen LogP contribution in [0.4, 0.5) is 0 Å². The van der Waals surface area contributed by atoms with Gasteiger partial charge in [-0.2, -0.15) is 0 Å². The molecule has 0 radical (unpaired) electrons. The first kappa shape index (κ1) is 8.09. The third-order valence-electron chi connectivity index (χ3n) is 1.89. The minimum atomic E-state index is -0.195. The number of hydrogen-bond donors (Lipinski definition) is 1. The fourth-order valence-electron chi connectivity index (χ4n) is 1.23. The lowest BCUT2D eigenvalue weighted by atomic mass is 10.2. The number of terminal acetylenes is 1. The molecule has 1 atom stereocenters. The topological polar surface area (TPSA) is 32.3 Å². The Balaban J connectivity index is 2.56. The molecule has 0 unspecified atom stereocenters. The van der Waals surface area contributed by atoms with Crippen molar-refractivity contribution in [3.05, 3.63) is 0 Å². The standard InChI is InChI=1S/C8H12N2O/c1-3-8(11)10-5-4-9-6-7(10)2/h1,7,9H,4-6H2,2H3/t7-/m1/s1. The van der Waals surface area contributed by atoms with Crippen molar-refractivity contribution in [3.63, 3.8) is 0 Å². The van der Waals surface area contributed by atoms with Crippen molar-refractivity contribution in [2.24, 2.45) is 0 Å². The summed E-state index contributed by atoms with van der Waals surface area (Å²) in [6.45, 7) is 4.40. The van der Waals surface area contributed by atoms with Crippen molar-refractivity contribution >= 4 is 5.91 Å². The minimum Gasteiger partial charge on any atom is -0.327 e. The summed E-state index contributed by atoms with van der Waals surface area (Å²) in [6, 6.07) is 0.229. The zero-order valence-corrected chi connectivity index (χ0v) is 6.63. The molecule has 0 aromatic rings. The molecule has 1 aliphatic heterocycles. The number of nitrogens with one attached hydrogen (secondary N) is 1. The first-order valence-electron chi connectivity index (χ1n) is 3.73. The molecule has 0 spiro atoms. The van der Waals surface area contributed by atoms with Gasteiger partial charge in [-0.05, 0) is 12.8 Å². The second kappa shape index (κ2) is 3.40. The summed E-state index contributed by atoms with van der Waals surface area (Å²) in [4.78, 5) is 12.8. The molecule has 0 aromatic heterocycles. The van der Waals surface area contributed by atoms with E-state index >= 15 is 0 Å². The van der Waals surface area contributed by atoms with Crippen LogP contribution in [0.25, 0.3) is 0 Å². The van der Waals surface area contributed by atoms with Crippen molar-refractivity contribution in [1.29, 1.82) is 0 Å². The molecule has 0 aromatic carbocycles. The molecule has 1 N–H and O–H groups in total. The molecule has 1 fully saturated rings. The molecule has 1 rings (SSSR count). The van der Waals surface area contributed by atoms with Crippen LogP contribution in [0.15, 0.2) is 0 Å². The highest BCUT2D eigenvalue weighted by Crippen LogP contribution is 2.01. The van der Waals surface area contributed by atoms with Gasteiger partial charge in [0.1, 0.15) is 0 Å². The Bertz CT molecular complexity index is 195. The smallest absolute Gasteiger partial charge is 0.298 e. The van der Waals surface area contributed by atoms with Crippen molar-refractivity contribution in [2.45, 2.75) is 13.0 Å². The van der Waals surface area contributed by atoms with Gasteiger partial charge in [0.05, 0.1) is 0 Å². The molecule has 1 amide bonds. The van der Waals surface area contributed by atoms with Gasteiger partial charge in [-0.1, -0.05) is 0 Å². The number of amides is 1. The average molecular weight is 152 g/mol. The zero-order chi connectivity index (χ0) is 8.27. The third-order valence-corrected chi connectivity index (χ3v) is 1.89. The summed E-state index contributed by atoms with van der Waals surface area (Å²) in [6.07, 6.45) is 5.00. The molecule has 3 nitrogen and oxygen atoms in total. The number of carbonyl (C=O) groups is 1. The van der Waals surface area contributed by atoms with E-state index < -0.39 is 0 Å². The first-order valence-corrected chi connectivity index (χ1v) is 3.73. The predicted molar refractivity (Wildman–Crippen MR) is 42.9 cm³/mol. The van der Waals surface area contributed by atoms with E-state index in [1.165, 1.54) is 0 Å². The highest BCUT2D eigenvalue weighted by molar-refractivity contribution is 5.93. The molecule has 0 aliphatic carbocycles. The predicted octanol–water partition coefficient (Wildman–Crippen LogP) is -0.560. The molecule has 3 heteroatoms. The zero-order valence-electron chi connectivity index (χ0n) is 6.63. The summed E-state index contributed by atoms with van der Waals surface area (Å²) < 4.78 is 0. The molecular weight excluding hydrogens is 140 g/mol. The number of rotatable bonds is 0. The van der Waals surface area contributed by atoms with Gasteiger partial charge in [0, 0.05) is 25.7 Å². The van der Waals surface area contributed by atoms with Crippen molar-refractivity contribution in [3.8, 4) is 12.3 Å². The maximum Gasteiger partial charge on any atom is 0.298 e. The van der Waals surface area contributed by atoms with E-state index in [0.29, 0.717) is 0 Å². The summed E-state index contributed by atoms with van der Waals surface area (Å²) in [5, 5.41) is 3.18. The molecular formula is C8H12N2O. The molecule has 60 valence electrons. The molecule has 11 heavy (non-hydrogen) atoms. The Morgan fingerprint density at radius 1 is 1.82 bits per heavy atom. The monoisotopic (exact) mass is 152 g/mol. The van der Waals surface area contributed by atoms with Gasteiger partial charge in [0.2, 0.25) is 0 Å². The summed E-state index contributed by atoms with van der Waals surface area (Å²) >= 11 is 0. The molecule has 0 bridgehead atoms. The third kappa shape index (κ3) is 1.72. The SMILES string of the molecule is C#CC(=O)N1CCNC[C@H]1C. The van der Waals surface area contributed by atoms with Crippen LogP contribution < -0.4 is 5.32 Å². The van der Waals surface area contributed by atoms with E-state index in [0.717, 1.165) is 19.6 Å². The van der Waals surface area contributed by atoms with E-state index in [2.05, 4.69) is 11.2 Å². The van der Waals surface area contributed by atoms with E-state index in [9.17, 15) is 4.79 Å². The van der Waals surface area contributed by atoms with Crippen LogP contribution in [-0.4, -0.2) is 36.5 Å². The number of piperazine rings is 1. The summed E-state index contributed by atoms with van der Waals surface area (Å²) in [5.74, 6) is 1.93. The van der Waals surface area contributed by atoms with Crippen LogP contribution >= 0.6 is 0 Å². The van der Waals surface area contributed by atoms with Gasteiger partial charge in [0.25, 0.3) is 5.91 Å². The van der Waals surface area contributed by atoms with E-state index in [-0.39, 0.29) is 11.9 Å². The number of carbonyl (C=O) groups excluding carboxylic acids is 1. The largest absolute Gasteiger partial charge is 0.327 e. The van der Waals surface area contributed by atoms with Crippen LogP contribution in [-0.2, 0) is 4.79 Å². The second-order valence-corrected chi connectivity index (χ2v) is 2.70.